The van der Waals surface area contributed by atoms with Crippen LogP contribution in [0.3, 0.4) is 0 Å². The largest absolute Gasteiger partial charge is 0.384 e. The predicted molar refractivity (Wildman–Crippen MR) is 67.5 cm³/mol. The number of nitrogen functional groups attached to an aromatic ring is 1. The standard InChI is InChI=1S/C11H10ClN3S/c12-8-3-4-14-9(5-8)7-16-10-1-2-11(13)15-6-10/h1-6H,7H2,(H2,13,15). The number of hydrogen-bond acceptors (Lipinski definition) is 4. The number of pyridine rings is 2. The molecule has 0 aliphatic heterocycles. The summed E-state index contributed by atoms with van der Waals surface area (Å²) in [4.78, 5) is 9.31. The molecule has 0 saturated heterocycles. The van der Waals surface area contributed by atoms with Crippen LogP contribution in [0.5, 0.6) is 0 Å². The number of hydrogen-bond donors (Lipinski definition) is 1. The SMILES string of the molecule is Nc1ccc(SCc2cc(Cl)ccn2)cn1. The van der Waals surface area contributed by atoms with Gasteiger partial charge >= 0.3 is 0 Å². The van der Waals surface area contributed by atoms with Gasteiger partial charge in [0, 0.05) is 28.1 Å². The van der Waals surface area contributed by atoms with Crippen molar-refractivity contribution in [1.82, 2.24) is 9.97 Å². The van der Waals surface area contributed by atoms with Gasteiger partial charge < -0.3 is 5.73 Å². The van der Waals surface area contributed by atoms with Crippen LogP contribution in [0.1, 0.15) is 5.69 Å². The normalized spacial score (nSPS) is 10.3. The van der Waals surface area contributed by atoms with E-state index in [1.807, 2.05) is 12.1 Å². The van der Waals surface area contributed by atoms with Crippen molar-refractivity contribution >= 4 is 29.2 Å². The summed E-state index contributed by atoms with van der Waals surface area (Å²) in [7, 11) is 0. The minimum atomic E-state index is 0.533. The molecule has 0 atom stereocenters. The van der Waals surface area contributed by atoms with Crippen molar-refractivity contribution < 1.29 is 0 Å². The molecule has 0 bridgehead atoms. The Morgan fingerprint density at radius 1 is 1.25 bits per heavy atom. The van der Waals surface area contributed by atoms with Gasteiger partial charge in [-0.1, -0.05) is 11.6 Å². The summed E-state index contributed by atoms with van der Waals surface area (Å²) in [5.74, 6) is 1.30. The smallest absolute Gasteiger partial charge is 0.123 e. The van der Waals surface area contributed by atoms with Gasteiger partial charge in [-0.2, -0.15) is 0 Å². The first-order valence-electron chi connectivity index (χ1n) is 4.69. The lowest BCUT2D eigenvalue weighted by molar-refractivity contribution is 1.17. The average molecular weight is 252 g/mol. The quantitative estimate of drug-likeness (QED) is 0.852. The van der Waals surface area contributed by atoms with E-state index in [0.29, 0.717) is 10.8 Å². The van der Waals surface area contributed by atoms with E-state index >= 15 is 0 Å². The van der Waals surface area contributed by atoms with Gasteiger partial charge in [-0.15, -0.1) is 11.8 Å². The second-order valence-electron chi connectivity index (χ2n) is 3.17. The molecule has 2 heterocycles. The van der Waals surface area contributed by atoms with Gasteiger partial charge in [-0.3, -0.25) is 4.98 Å². The minimum Gasteiger partial charge on any atom is -0.384 e. The Morgan fingerprint density at radius 2 is 2.12 bits per heavy atom. The zero-order valence-corrected chi connectivity index (χ0v) is 10.0. The molecule has 2 N–H and O–H groups in total. The predicted octanol–water partition coefficient (Wildman–Crippen LogP) is 3.00. The summed E-state index contributed by atoms with van der Waals surface area (Å²) in [6.07, 6.45) is 3.46. The van der Waals surface area contributed by atoms with Crippen molar-refractivity contribution in [3.63, 3.8) is 0 Å². The number of rotatable bonds is 3. The molecular weight excluding hydrogens is 242 g/mol. The highest BCUT2D eigenvalue weighted by atomic mass is 35.5. The van der Waals surface area contributed by atoms with E-state index in [1.54, 1.807) is 36.3 Å². The molecule has 0 fully saturated rings. The molecule has 0 saturated carbocycles. The zero-order valence-electron chi connectivity index (χ0n) is 8.43. The average Bonchev–Trinajstić information content (AvgIpc) is 2.28. The molecule has 0 aliphatic rings. The number of halogens is 1. The molecule has 0 radical (unpaired) electrons. The third-order valence-corrected chi connectivity index (χ3v) is 3.17. The van der Waals surface area contributed by atoms with Gasteiger partial charge in [0.15, 0.2) is 0 Å². The second kappa shape index (κ2) is 5.18. The number of nitrogens with two attached hydrogens (primary N) is 1. The van der Waals surface area contributed by atoms with Gasteiger partial charge in [0.2, 0.25) is 0 Å². The first kappa shape index (κ1) is 11.2. The van der Waals surface area contributed by atoms with Gasteiger partial charge in [-0.25, -0.2) is 4.98 Å². The Kier molecular flexibility index (Phi) is 3.64. The highest BCUT2D eigenvalue weighted by Crippen LogP contribution is 2.22. The van der Waals surface area contributed by atoms with Crippen LogP contribution in [-0.2, 0) is 5.75 Å². The van der Waals surface area contributed by atoms with Crippen molar-refractivity contribution in [3.8, 4) is 0 Å². The van der Waals surface area contributed by atoms with E-state index in [4.69, 9.17) is 17.3 Å². The first-order chi connectivity index (χ1) is 7.74. The van der Waals surface area contributed by atoms with Gasteiger partial charge in [-0.05, 0) is 24.3 Å². The van der Waals surface area contributed by atoms with Crippen LogP contribution in [0.2, 0.25) is 5.02 Å². The van der Waals surface area contributed by atoms with Crippen molar-refractivity contribution in [3.05, 3.63) is 47.4 Å². The zero-order chi connectivity index (χ0) is 11.4. The van der Waals surface area contributed by atoms with Crippen molar-refractivity contribution in [2.24, 2.45) is 0 Å². The monoisotopic (exact) mass is 251 g/mol. The molecular formula is C11H10ClN3S. The van der Waals surface area contributed by atoms with Crippen molar-refractivity contribution in [1.29, 1.82) is 0 Å². The summed E-state index contributed by atoms with van der Waals surface area (Å²) < 4.78 is 0. The maximum Gasteiger partial charge on any atom is 0.123 e. The van der Waals surface area contributed by atoms with E-state index < -0.39 is 0 Å². The Bertz CT molecular complexity index is 473. The first-order valence-corrected chi connectivity index (χ1v) is 6.05. The lowest BCUT2D eigenvalue weighted by atomic mass is 10.4. The summed E-state index contributed by atoms with van der Waals surface area (Å²) in [5, 5.41) is 0.709. The van der Waals surface area contributed by atoms with Crippen molar-refractivity contribution in [2.45, 2.75) is 10.6 Å². The Balaban J connectivity index is 1.99. The lowest BCUT2D eigenvalue weighted by Crippen LogP contribution is -1.89. The molecule has 0 unspecified atom stereocenters. The second-order valence-corrected chi connectivity index (χ2v) is 4.66. The molecule has 2 rings (SSSR count). The maximum absolute atomic E-state index is 5.87. The third kappa shape index (κ3) is 3.12. The molecule has 0 aliphatic carbocycles. The minimum absolute atomic E-state index is 0.533. The van der Waals surface area contributed by atoms with Crippen molar-refractivity contribution in [2.75, 3.05) is 5.73 Å². The molecule has 0 aromatic carbocycles. The van der Waals surface area contributed by atoms with Gasteiger partial charge in [0.05, 0.1) is 5.69 Å². The van der Waals surface area contributed by atoms with Crippen LogP contribution in [0.25, 0.3) is 0 Å². The highest BCUT2D eigenvalue weighted by Gasteiger charge is 1.99. The van der Waals surface area contributed by atoms with E-state index in [2.05, 4.69) is 9.97 Å². The fraction of sp³-hybridized carbons (Fsp3) is 0.0909. The number of nitrogens with zero attached hydrogens (tertiary/aromatic N) is 2. The van der Waals surface area contributed by atoms with E-state index in [0.717, 1.165) is 16.3 Å². The third-order valence-electron chi connectivity index (χ3n) is 1.92. The van der Waals surface area contributed by atoms with Crippen LogP contribution in [0, 0.1) is 0 Å². The molecule has 2 aromatic rings. The topological polar surface area (TPSA) is 51.8 Å². The van der Waals surface area contributed by atoms with Crippen LogP contribution in [0.15, 0.2) is 41.6 Å². The molecule has 0 spiro atoms. The lowest BCUT2D eigenvalue weighted by Gasteiger charge is -2.01. The molecule has 2 aromatic heterocycles. The number of thioether (sulfide) groups is 1. The summed E-state index contributed by atoms with van der Waals surface area (Å²) in [5.41, 5.74) is 6.46. The molecule has 16 heavy (non-hydrogen) atoms. The molecule has 3 nitrogen and oxygen atoms in total. The number of aromatic nitrogens is 2. The van der Waals surface area contributed by atoms with Crippen LogP contribution in [-0.4, -0.2) is 9.97 Å². The number of anilines is 1. The van der Waals surface area contributed by atoms with Crippen LogP contribution < -0.4 is 5.73 Å². The maximum atomic E-state index is 5.87. The van der Waals surface area contributed by atoms with E-state index in [-0.39, 0.29) is 0 Å². The highest BCUT2D eigenvalue weighted by molar-refractivity contribution is 7.98. The molecule has 0 amide bonds. The summed E-state index contributed by atoms with van der Waals surface area (Å²) >= 11 is 7.52. The molecule has 82 valence electrons. The van der Waals surface area contributed by atoms with Crippen LogP contribution >= 0.6 is 23.4 Å². The van der Waals surface area contributed by atoms with Gasteiger partial charge in [0.25, 0.3) is 0 Å². The van der Waals surface area contributed by atoms with E-state index in [1.165, 1.54) is 0 Å². The Hall–Kier alpha value is -1.26. The Labute approximate surface area is 103 Å². The van der Waals surface area contributed by atoms with E-state index in [9.17, 15) is 0 Å². The summed E-state index contributed by atoms with van der Waals surface area (Å²) in [6.45, 7) is 0. The summed E-state index contributed by atoms with van der Waals surface area (Å²) in [6, 6.07) is 7.35. The van der Waals surface area contributed by atoms with Crippen LogP contribution in [0.4, 0.5) is 5.82 Å². The molecule has 5 heteroatoms. The van der Waals surface area contributed by atoms with Gasteiger partial charge in [0.1, 0.15) is 5.82 Å². The fourth-order valence-electron chi connectivity index (χ4n) is 1.16. The fourth-order valence-corrected chi connectivity index (χ4v) is 2.11. The Morgan fingerprint density at radius 3 is 2.81 bits per heavy atom.